The molecule has 1 aliphatic rings. The van der Waals surface area contributed by atoms with Gasteiger partial charge in [-0.15, -0.1) is 11.3 Å². The van der Waals surface area contributed by atoms with Crippen molar-refractivity contribution in [2.24, 2.45) is 5.92 Å². The second-order valence-corrected chi connectivity index (χ2v) is 5.74. The highest BCUT2D eigenvalue weighted by atomic mass is 32.1. The summed E-state index contributed by atoms with van der Waals surface area (Å²) in [4.78, 5) is 18.3. The molecule has 1 aliphatic carbocycles. The van der Waals surface area contributed by atoms with Crippen LogP contribution >= 0.6 is 11.3 Å². The molecule has 0 unspecified atom stereocenters. The lowest BCUT2D eigenvalue weighted by atomic mass is 10.3. The van der Waals surface area contributed by atoms with Crippen LogP contribution in [0.3, 0.4) is 0 Å². The molecule has 3 rings (SSSR count). The standard InChI is InChI=1S/C13H15N3O2S/c1-15(8-9-2-3-9)12-10(4-5-11(17)18)16-6-7-19-13(16)14-12/h4-7,9H,2-3,8H2,1H3,(H,17,18)/b5-4+. The van der Waals surface area contributed by atoms with Crippen LogP contribution in [-0.4, -0.2) is 34.1 Å². The van der Waals surface area contributed by atoms with Gasteiger partial charge in [0.05, 0.1) is 5.69 Å². The molecular formula is C13H15N3O2S. The number of nitrogens with zero attached hydrogens (tertiary/aromatic N) is 3. The Balaban J connectivity index is 1.98. The number of hydrogen-bond donors (Lipinski definition) is 1. The van der Waals surface area contributed by atoms with Gasteiger partial charge in [0.25, 0.3) is 0 Å². The van der Waals surface area contributed by atoms with Crippen LogP contribution in [0.5, 0.6) is 0 Å². The Morgan fingerprint density at radius 3 is 3.16 bits per heavy atom. The Kier molecular flexibility index (Phi) is 3.02. The average Bonchev–Trinajstić information content (AvgIpc) is 2.92. The van der Waals surface area contributed by atoms with E-state index in [1.165, 1.54) is 12.8 Å². The van der Waals surface area contributed by atoms with Gasteiger partial charge in [-0.1, -0.05) is 0 Å². The van der Waals surface area contributed by atoms with Gasteiger partial charge in [-0.3, -0.25) is 4.40 Å². The van der Waals surface area contributed by atoms with Crippen molar-refractivity contribution in [1.29, 1.82) is 0 Å². The number of aliphatic carboxylic acids is 1. The maximum atomic E-state index is 10.7. The third-order valence-corrected chi connectivity index (χ3v) is 4.01. The molecule has 0 spiro atoms. The van der Waals surface area contributed by atoms with Crippen LogP contribution in [-0.2, 0) is 4.79 Å². The largest absolute Gasteiger partial charge is 0.478 e. The van der Waals surface area contributed by atoms with Gasteiger partial charge in [-0.05, 0) is 24.8 Å². The fourth-order valence-corrected chi connectivity index (χ4v) is 2.87. The SMILES string of the molecule is CN(CC1CC1)c1nc2sccn2c1/C=C/C(=O)O. The third-order valence-electron chi connectivity index (χ3n) is 3.25. The molecule has 0 bridgehead atoms. The lowest BCUT2D eigenvalue weighted by molar-refractivity contribution is -0.131. The van der Waals surface area contributed by atoms with Crippen LogP contribution < -0.4 is 4.90 Å². The van der Waals surface area contributed by atoms with Crippen LogP contribution in [0.25, 0.3) is 11.0 Å². The number of aromatic nitrogens is 2. The van der Waals surface area contributed by atoms with E-state index in [9.17, 15) is 4.79 Å². The van der Waals surface area contributed by atoms with Crippen molar-refractivity contribution in [3.05, 3.63) is 23.3 Å². The van der Waals surface area contributed by atoms with E-state index in [1.807, 2.05) is 23.0 Å². The van der Waals surface area contributed by atoms with Gasteiger partial charge in [0.15, 0.2) is 10.8 Å². The fraction of sp³-hybridized carbons (Fsp3) is 0.385. The lowest BCUT2D eigenvalue weighted by Crippen LogP contribution is -2.21. The van der Waals surface area contributed by atoms with Gasteiger partial charge >= 0.3 is 5.97 Å². The average molecular weight is 277 g/mol. The molecule has 1 saturated carbocycles. The second kappa shape index (κ2) is 4.70. The smallest absolute Gasteiger partial charge is 0.328 e. The molecular weight excluding hydrogens is 262 g/mol. The molecule has 0 aliphatic heterocycles. The van der Waals surface area contributed by atoms with Gasteiger partial charge in [0.1, 0.15) is 0 Å². The van der Waals surface area contributed by atoms with E-state index >= 15 is 0 Å². The predicted molar refractivity (Wildman–Crippen MR) is 75.7 cm³/mol. The summed E-state index contributed by atoms with van der Waals surface area (Å²) in [5.74, 6) is 0.679. The maximum Gasteiger partial charge on any atom is 0.328 e. The molecule has 2 aromatic rings. The van der Waals surface area contributed by atoms with Crippen LogP contribution in [0, 0.1) is 5.92 Å². The lowest BCUT2D eigenvalue weighted by Gasteiger charge is -2.16. The maximum absolute atomic E-state index is 10.7. The molecule has 0 atom stereocenters. The zero-order chi connectivity index (χ0) is 13.4. The number of thiazole rings is 1. The summed E-state index contributed by atoms with van der Waals surface area (Å²) < 4.78 is 1.93. The number of fused-ring (bicyclic) bond motifs is 1. The summed E-state index contributed by atoms with van der Waals surface area (Å²) in [5.41, 5.74) is 0.835. The van der Waals surface area contributed by atoms with E-state index in [1.54, 1.807) is 17.4 Å². The monoisotopic (exact) mass is 277 g/mol. The summed E-state index contributed by atoms with van der Waals surface area (Å²) in [6.45, 7) is 0.985. The van der Waals surface area contributed by atoms with Gasteiger partial charge in [0, 0.05) is 31.2 Å². The Bertz CT molecular complexity index is 639. The Hall–Kier alpha value is -1.82. The normalized spacial score (nSPS) is 15.4. The zero-order valence-corrected chi connectivity index (χ0v) is 11.4. The van der Waals surface area contributed by atoms with Gasteiger partial charge in [-0.25, -0.2) is 9.78 Å². The Morgan fingerprint density at radius 1 is 1.68 bits per heavy atom. The first kappa shape index (κ1) is 12.2. The first-order valence-electron chi connectivity index (χ1n) is 6.23. The van der Waals surface area contributed by atoms with E-state index in [0.29, 0.717) is 0 Å². The minimum absolute atomic E-state index is 0.765. The van der Waals surface area contributed by atoms with Crippen molar-refractivity contribution in [3.8, 4) is 0 Å². The molecule has 0 aromatic carbocycles. The first-order valence-corrected chi connectivity index (χ1v) is 7.11. The van der Waals surface area contributed by atoms with Crippen molar-refractivity contribution in [1.82, 2.24) is 9.38 Å². The summed E-state index contributed by atoms with van der Waals surface area (Å²) >= 11 is 1.55. The molecule has 1 N–H and O–H groups in total. The number of hydrogen-bond acceptors (Lipinski definition) is 4. The number of carboxylic acids is 1. The van der Waals surface area contributed by atoms with E-state index < -0.39 is 5.97 Å². The first-order chi connectivity index (χ1) is 9.15. The molecule has 100 valence electrons. The molecule has 5 nitrogen and oxygen atoms in total. The van der Waals surface area contributed by atoms with E-state index in [0.717, 1.165) is 35.0 Å². The van der Waals surface area contributed by atoms with Crippen molar-refractivity contribution >= 4 is 34.2 Å². The molecule has 6 heteroatoms. The second-order valence-electron chi connectivity index (χ2n) is 4.87. The minimum Gasteiger partial charge on any atom is -0.478 e. The van der Waals surface area contributed by atoms with E-state index in [-0.39, 0.29) is 0 Å². The summed E-state index contributed by atoms with van der Waals surface area (Å²) in [6, 6.07) is 0. The minimum atomic E-state index is -0.944. The topological polar surface area (TPSA) is 57.8 Å². The van der Waals surface area contributed by atoms with Crippen molar-refractivity contribution < 1.29 is 9.90 Å². The molecule has 2 heterocycles. The number of rotatable bonds is 5. The van der Waals surface area contributed by atoms with Crippen LogP contribution in [0.4, 0.5) is 5.82 Å². The summed E-state index contributed by atoms with van der Waals surface area (Å²) in [5, 5.41) is 10.7. The Morgan fingerprint density at radius 2 is 2.47 bits per heavy atom. The molecule has 0 radical (unpaired) electrons. The Labute approximate surface area is 114 Å². The number of imidazole rings is 1. The number of carboxylic acid groups (broad SMARTS) is 1. The highest BCUT2D eigenvalue weighted by Gasteiger charge is 2.25. The fourth-order valence-electron chi connectivity index (χ4n) is 2.15. The van der Waals surface area contributed by atoms with Crippen molar-refractivity contribution in [2.45, 2.75) is 12.8 Å². The highest BCUT2D eigenvalue weighted by molar-refractivity contribution is 7.15. The molecule has 0 saturated heterocycles. The van der Waals surface area contributed by atoms with E-state index in [4.69, 9.17) is 5.11 Å². The molecule has 19 heavy (non-hydrogen) atoms. The van der Waals surface area contributed by atoms with Crippen molar-refractivity contribution in [2.75, 3.05) is 18.5 Å². The van der Waals surface area contributed by atoms with Crippen LogP contribution in [0.15, 0.2) is 17.7 Å². The molecule has 0 amide bonds. The quantitative estimate of drug-likeness (QED) is 0.852. The summed E-state index contributed by atoms with van der Waals surface area (Å²) in [7, 11) is 2.02. The highest BCUT2D eigenvalue weighted by Crippen LogP contribution is 2.32. The van der Waals surface area contributed by atoms with Crippen molar-refractivity contribution in [3.63, 3.8) is 0 Å². The third kappa shape index (κ3) is 2.49. The van der Waals surface area contributed by atoms with Gasteiger partial charge in [-0.2, -0.15) is 0 Å². The number of anilines is 1. The van der Waals surface area contributed by atoms with Crippen LogP contribution in [0.1, 0.15) is 18.5 Å². The van der Waals surface area contributed by atoms with Crippen LogP contribution in [0.2, 0.25) is 0 Å². The van der Waals surface area contributed by atoms with E-state index in [2.05, 4.69) is 9.88 Å². The molecule has 1 fully saturated rings. The zero-order valence-electron chi connectivity index (χ0n) is 10.6. The summed E-state index contributed by atoms with van der Waals surface area (Å²) in [6.07, 6.45) is 7.27. The molecule has 2 aromatic heterocycles. The number of carbonyl (C=O) groups is 1. The predicted octanol–water partition coefficient (Wildman–Crippen LogP) is 2.34. The van der Waals surface area contributed by atoms with Gasteiger partial charge < -0.3 is 10.0 Å². The van der Waals surface area contributed by atoms with Gasteiger partial charge in [0.2, 0.25) is 0 Å².